The minimum atomic E-state index is -0.0758. The summed E-state index contributed by atoms with van der Waals surface area (Å²) < 4.78 is 5.31. The maximum atomic E-state index is 9.09. The fraction of sp³-hybridized carbons (Fsp3) is 0.636. The molecule has 0 fully saturated rings. The van der Waals surface area contributed by atoms with Crippen LogP contribution in [-0.2, 0) is 13.2 Å². The van der Waals surface area contributed by atoms with E-state index in [1.165, 1.54) is 0 Å². The Hall–Kier alpha value is -0.840. The van der Waals surface area contributed by atoms with E-state index in [1.807, 2.05) is 6.07 Å². The Morgan fingerprint density at radius 1 is 1.27 bits per heavy atom. The second-order valence-corrected chi connectivity index (χ2v) is 3.94. The lowest BCUT2D eigenvalue weighted by Gasteiger charge is -2.18. The summed E-state index contributed by atoms with van der Waals surface area (Å²) >= 11 is 0. The van der Waals surface area contributed by atoms with Gasteiger partial charge in [0.05, 0.1) is 13.2 Å². The lowest BCUT2D eigenvalue weighted by molar-refractivity contribution is 0.205. The number of furan rings is 1. The van der Waals surface area contributed by atoms with E-state index in [-0.39, 0.29) is 19.3 Å². The highest BCUT2D eigenvalue weighted by Gasteiger charge is 2.11. The van der Waals surface area contributed by atoms with Crippen molar-refractivity contribution in [3.8, 4) is 0 Å². The molecular weight excluding hydrogens is 194 g/mol. The van der Waals surface area contributed by atoms with Crippen molar-refractivity contribution in [2.75, 3.05) is 6.61 Å². The topological polar surface area (TPSA) is 65.6 Å². The first-order chi connectivity index (χ1) is 7.17. The van der Waals surface area contributed by atoms with Crippen molar-refractivity contribution >= 4 is 0 Å². The van der Waals surface area contributed by atoms with Gasteiger partial charge in [-0.2, -0.15) is 0 Å². The molecule has 1 unspecified atom stereocenters. The van der Waals surface area contributed by atoms with E-state index in [4.69, 9.17) is 14.6 Å². The molecule has 0 spiro atoms. The predicted octanol–water partition coefficient (Wildman–Crippen LogP) is 0.878. The first-order valence-electron chi connectivity index (χ1n) is 5.20. The molecule has 0 saturated heterocycles. The largest absolute Gasteiger partial charge is 0.462 e. The second-order valence-electron chi connectivity index (χ2n) is 3.94. The van der Waals surface area contributed by atoms with Gasteiger partial charge < -0.3 is 19.9 Å². The van der Waals surface area contributed by atoms with Crippen molar-refractivity contribution < 1.29 is 14.6 Å². The van der Waals surface area contributed by atoms with Crippen LogP contribution >= 0.6 is 0 Å². The van der Waals surface area contributed by atoms with Gasteiger partial charge in [-0.3, -0.25) is 0 Å². The number of aliphatic hydroxyl groups excluding tert-OH is 2. The molecule has 0 amide bonds. The first kappa shape index (κ1) is 12.2. The highest BCUT2D eigenvalue weighted by molar-refractivity contribution is 5.06. The Labute approximate surface area is 89.9 Å². The van der Waals surface area contributed by atoms with Gasteiger partial charge in [0.15, 0.2) is 0 Å². The molecule has 1 atom stereocenters. The van der Waals surface area contributed by atoms with Gasteiger partial charge in [-0.15, -0.1) is 0 Å². The molecule has 0 bridgehead atoms. The van der Waals surface area contributed by atoms with Gasteiger partial charge in [-0.1, -0.05) is 13.8 Å². The zero-order chi connectivity index (χ0) is 11.3. The van der Waals surface area contributed by atoms with Crippen LogP contribution < -0.4 is 5.32 Å². The van der Waals surface area contributed by atoms with Crippen LogP contribution in [0.15, 0.2) is 16.5 Å². The van der Waals surface area contributed by atoms with Gasteiger partial charge in [0.2, 0.25) is 0 Å². The standard InChI is InChI=1S/C11H19NO3/c1-8(2)11(7-14)12-5-9-3-4-10(6-13)15-9/h3-4,8,11-14H,5-7H2,1-2H3. The van der Waals surface area contributed by atoms with Gasteiger partial charge in [-0.25, -0.2) is 0 Å². The molecule has 0 radical (unpaired) electrons. The Bertz CT molecular complexity index is 283. The molecule has 4 nitrogen and oxygen atoms in total. The Morgan fingerprint density at radius 3 is 2.40 bits per heavy atom. The molecule has 0 aliphatic carbocycles. The molecule has 0 aromatic carbocycles. The van der Waals surface area contributed by atoms with E-state index in [0.717, 1.165) is 5.76 Å². The first-order valence-corrected chi connectivity index (χ1v) is 5.20. The Balaban J connectivity index is 2.41. The average Bonchev–Trinajstić information content (AvgIpc) is 2.66. The zero-order valence-corrected chi connectivity index (χ0v) is 9.23. The molecule has 1 aromatic heterocycles. The number of aliphatic hydroxyl groups is 2. The van der Waals surface area contributed by atoms with E-state index < -0.39 is 0 Å². The minimum absolute atomic E-state index is 0.0758. The highest BCUT2D eigenvalue weighted by atomic mass is 16.4. The molecule has 1 rings (SSSR count). The van der Waals surface area contributed by atoms with Gasteiger partial charge >= 0.3 is 0 Å². The molecule has 0 aliphatic rings. The maximum Gasteiger partial charge on any atom is 0.129 e. The van der Waals surface area contributed by atoms with Crippen LogP contribution in [-0.4, -0.2) is 22.9 Å². The molecule has 3 N–H and O–H groups in total. The van der Waals surface area contributed by atoms with E-state index in [2.05, 4.69) is 19.2 Å². The van der Waals surface area contributed by atoms with Crippen LogP contribution in [0.1, 0.15) is 25.4 Å². The van der Waals surface area contributed by atoms with Crippen molar-refractivity contribution in [1.29, 1.82) is 0 Å². The van der Waals surface area contributed by atoms with Gasteiger partial charge in [0.1, 0.15) is 18.1 Å². The summed E-state index contributed by atoms with van der Waals surface area (Å²) in [5.41, 5.74) is 0. The van der Waals surface area contributed by atoms with Crippen molar-refractivity contribution in [2.24, 2.45) is 5.92 Å². The summed E-state index contributed by atoms with van der Waals surface area (Å²) in [6.07, 6.45) is 0. The number of rotatable bonds is 6. The SMILES string of the molecule is CC(C)C(CO)NCc1ccc(CO)o1. The molecule has 0 aliphatic heterocycles. The van der Waals surface area contributed by atoms with Crippen molar-refractivity contribution in [2.45, 2.75) is 33.0 Å². The fourth-order valence-electron chi connectivity index (χ4n) is 1.35. The number of hydrogen-bond acceptors (Lipinski definition) is 4. The van der Waals surface area contributed by atoms with Crippen LogP contribution in [0, 0.1) is 5.92 Å². The molecular formula is C11H19NO3. The third-order valence-corrected chi connectivity index (χ3v) is 2.41. The smallest absolute Gasteiger partial charge is 0.129 e. The van der Waals surface area contributed by atoms with E-state index in [1.54, 1.807) is 6.07 Å². The van der Waals surface area contributed by atoms with Crippen LogP contribution in [0.2, 0.25) is 0 Å². The maximum absolute atomic E-state index is 9.09. The lowest BCUT2D eigenvalue weighted by Crippen LogP contribution is -2.36. The quantitative estimate of drug-likeness (QED) is 0.656. The van der Waals surface area contributed by atoms with Gasteiger partial charge in [0.25, 0.3) is 0 Å². The molecule has 4 heteroatoms. The normalized spacial score (nSPS) is 13.4. The zero-order valence-electron chi connectivity index (χ0n) is 9.23. The second kappa shape index (κ2) is 5.90. The van der Waals surface area contributed by atoms with Crippen LogP contribution in [0.3, 0.4) is 0 Å². The number of nitrogens with one attached hydrogen (secondary N) is 1. The third-order valence-electron chi connectivity index (χ3n) is 2.41. The molecule has 1 aromatic rings. The monoisotopic (exact) mass is 213 g/mol. The van der Waals surface area contributed by atoms with Gasteiger partial charge in [0, 0.05) is 6.04 Å². The van der Waals surface area contributed by atoms with E-state index >= 15 is 0 Å². The minimum Gasteiger partial charge on any atom is -0.462 e. The molecule has 1 heterocycles. The fourth-order valence-corrected chi connectivity index (χ4v) is 1.35. The molecule has 0 saturated carbocycles. The Morgan fingerprint density at radius 2 is 1.93 bits per heavy atom. The molecule has 15 heavy (non-hydrogen) atoms. The van der Waals surface area contributed by atoms with Crippen molar-refractivity contribution in [3.05, 3.63) is 23.7 Å². The summed E-state index contributed by atoms with van der Waals surface area (Å²) in [5.74, 6) is 1.72. The highest BCUT2D eigenvalue weighted by Crippen LogP contribution is 2.08. The summed E-state index contributed by atoms with van der Waals surface area (Å²) in [6.45, 7) is 4.71. The van der Waals surface area contributed by atoms with Crippen LogP contribution in [0.25, 0.3) is 0 Å². The summed E-state index contributed by atoms with van der Waals surface area (Å²) in [7, 11) is 0. The summed E-state index contributed by atoms with van der Waals surface area (Å²) in [5, 5.41) is 21.1. The predicted molar refractivity (Wildman–Crippen MR) is 57.2 cm³/mol. The summed E-state index contributed by atoms with van der Waals surface area (Å²) in [6, 6.07) is 3.65. The third kappa shape index (κ3) is 3.66. The average molecular weight is 213 g/mol. The summed E-state index contributed by atoms with van der Waals surface area (Å²) in [4.78, 5) is 0. The molecule has 86 valence electrons. The number of hydrogen-bond donors (Lipinski definition) is 3. The van der Waals surface area contributed by atoms with Gasteiger partial charge in [-0.05, 0) is 18.1 Å². The lowest BCUT2D eigenvalue weighted by atomic mass is 10.1. The van der Waals surface area contributed by atoms with Crippen molar-refractivity contribution in [1.82, 2.24) is 5.32 Å². The van der Waals surface area contributed by atoms with E-state index in [9.17, 15) is 0 Å². The van der Waals surface area contributed by atoms with Crippen LogP contribution in [0.5, 0.6) is 0 Å². The van der Waals surface area contributed by atoms with Crippen molar-refractivity contribution in [3.63, 3.8) is 0 Å². The Kier molecular flexibility index (Phi) is 4.81. The van der Waals surface area contributed by atoms with Crippen LogP contribution in [0.4, 0.5) is 0 Å². The van der Waals surface area contributed by atoms with E-state index in [0.29, 0.717) is 18.2 Å².